The first-order valence-corrected chi connectivity index (χ1v) is 10.1. The maximum Gasteiger partial charge on any atom is 0.248 e. The molecule has 1 amide bonds. The second-order valence-electron chi connectivity index (χ2n) is 6.02. The van der Waals surface area contributed by atoms with E-state index in [9.17, 15) is 4.79 Å². The van der Waals surface area contributed by atoms with Gasteiger partial charge < -0.3 is 11.1 Å². The maximum absolute atomic E-state index is 12.2. The van der Waals surface area contributed by atoms with Crippen molar-refractivity contribution in [2.45, 2.75) is 0 Å². The standard InChI is InChI=1S/C21H15BrN4OS/c22-15-6-3-13(4-7-15)17-12-28-20-14(10-25-21(23)19(17)20)5-8-18(27)26-16-2-1-9-24-11-16/h1-12H,(H2,23,25)(H,26,27)/b8-5+. The minimum Gasteiger partial charge on any atom is -0.383 e. The first kappa shape index (κ1) is 18.3. The van der Waals surface area contributed by atoms with Crippen LogP contribution in [0.2, 0.25) is 0 Å². The van der Waals surface area contributed by atoms with Crippen LogP contribution in [-0.4, -0.2) is 15.9 Å². The zero-order valence-corrected chi connectivity index (χ0v) is 17.0. The number of pyridine rings is 2. The highest BCUT2D eigenvalue weighted by atomic mass is 79.9. The summed E-state index contributed by atoms with van der Waals surface area (Å²) >= 11 is 5.04. The van der Waals surface area contributed by atoms with E-state index in [1.54, 1.807) is 48.1 Å². The van der Waals surface area contributed by atoms with Gasteiger partial charge in [0, 0.05) is 44.2 Å². The molecule has 0 spiro atoms. The lowest BCUT2D eigenvalue weighted by molar-refractivity contribution is -0.111. The quantitative estimate of drug-likeness (QED) is 0.410. The Bertz CT molecular complexity index is 1170. The van der Waals surface area contributed by atoms with E-state index in [-0.39, 0.29) is 5.91 Å². The smallest absolute Gasteiger partial charge is 0.248 e. The average molecular weight is 451 g/mol. The number of thiophene rings is 1. The Hall–Kier alpha value is -3.03. The topological polar surface area (TPSA) is 80.9 Å². The molecule has 1 aromatic carbocycles. The lowest BCUT2D eigenvalue weighted by Crippen LogP contribution is -2.07. The minimum atomic E-state index is -0.234. The highest BCUT2D eigenvalue weighted by Gasteiger charge is 2.13. The van der Waals surface area contributed by atoms with Crippen molar-refractivity contribution in [1.82, 2.24) is 9.97 Å². The molecule has 0 saturated carbocycles. The summed E-state index contributed by atoms with van der Waals surface area (Å²) in [7, 11) is 0. The molecule has 0 unspecified atom stereocenters. The van der Waals surface area contributed by atoms with Crippen molar-refractivity contribution in [2.75, 3.05) is 11.1 Å². The maximum atomic E-state index is 12.2. The fourth-order valence-electron chi connectivity index (χ4n) is 2.83. The molecule has 138 valence electrons. The molecule has 0 bridgehead atoms. The number of nitrogens with two attached hydrogens (primary N) is 1. The molecule has 0 atom stereocenters. The minimum absolute atomic E-state index is 0.234. The van der Waals surface area contributed by atoms with Gasteiger partial charge in [-0.05, 0) is 41.3 Å². The first-order chi connectivity index (χ1) is 13.6. The van der Waals surface area contributed by atoms with Crippen LogP contribution in [0.3, 0.4) is 0 Å². The van der Waals surface area contributed by atoms with Crippen molar-refractivity contribution in [1.29, 1.82) is 0 Å². The number of hydrogen-bond acceptors (Lipinski definition) is 5. The highest BCUT2D eigenvalue weighted by Crippen LogP contribution is 2.39. The second kappa shape index (κ2) is 7.92. The van der Waals surface area contributed by atoms with Crippen molar-refractivity contribution < 1.29 is 4.79 Å². The van der Waals surface area contributed by atoms with Crippen LogP contribution in [0.4, 0.5) is 11.5 Å². The third-order valence-corrected chi connectivity index (χ3v) is 5.71. The molecule has 28 heavy (non-hydrogen) atoms. The van der Waals surface area contributed by atoms with Gasteiger partial charge in [-0.2, -0.15) is 0 Å². The Kier molecular flexibility index (Phi) is 5.18. The van der Waals surface area contributed by atoms with Crippen LogP contribution >= 0.6 is 27.3 Å². The Morgan fingerprint density at radius 2 is 2.00 bits per heavy atom. The summed E-state index contributed by atoms with van der Waals surface area (Å²) in [5.41, 5.74) is 9.77. The van der Waals surface area contributed by atoms with Crippen molar-refractivity contribution >= 4 is 60.8 Å². The third kappa shape index (κ3) is 3.81. The number of fused-ring (bicyclic) bond motifs is 1. The number of halogens is 1. The summed E-state index contributed by atoms with van der Waals surface area (Å²) in [5, 5.41) is 5.75. The van der Waals surface area contributed by atoms with Gasteiger partial charge in [-0.15, -0.1) is 11.3 Å². The largest absolute Gasteiger partial charge is 0.383 e. The molecule has 7 heteroatoms. The normalized spacial score (nSPS) is 11.2. The molecule has 3 aromatic heterocycles. The highest BCUT2D eigenvalue weighted by molar-refractivity contribution is 9.10. The van der Waals surface area contributed by atoms with Crippen LogP contribution in [0.25, 0.3) is 27.3 Å². The molecule has 3 N–H and O–H groups in total. The Morgan fingerprint density at radius 1 is 1.18 bits per heavy atom. The van der Waals surface area contributed by atoms with E-state index in [0.29, 0.717) is 11.5 Å². The number of aromatic nitrogens is 2. The Morgan fingerprint density at radius 3 is 2.75 bits per heavy atom. The molecule has 3 heterocycles. The molecule has 0 aliphatic rings. The van der Waals surface area contributed by atoms with Crippen LogP contribution in [0.15, 0.2) is 70.9 Å². The van der Waals surface area contributed by atoms with Crippen molar-refractivity contribution in [3.63, 3.8) is 0 Å². The lowest BCUT2D eigenvalue weighted by atomic mass is 10.0. The van der Waals surface area contributed by atoms with Gasteiger partial charge in [0.15, 0.2) is 0 Å². The van der Waals surface area contributed by atoms with Crippen LogP contribution in [0.5, 0.6) is 0 Å². The van der Waals surface area contributed by atoms with E-state index in [1.165, 1.54) is 6.08 Å². The van der Waals surface area contributed by atoms with Gasteiger partial charge in [0.05, 0.1) is 11.9 Å². The summed E-state index contributed by atoms with van der Waals surface area (Å²) in [5.74, 6) is 0.244. The first-order valence-electron chi connectivity index (χ1n) is 8.42. The predicted molar refractivity (Wildman–Crippen MR) is 119 cm³/mol. The molecule has 5 nitrogen and oxygen atoms in total. The summed E-state index contributed by atoms with van der Waals surface area (Å²) in [6, 6.07) is 11.6. The van der Waals surface area contributed by atoms with Gasteiger partial charge in [0.25, 0.3) is 0 Å². The number of hydrogen-bond donors (Lipinski definition) is 2. The zero-order valence-electron chi connectivity index (χ0n) is 14.6. The molecule has 0 radical (unpaired) electrons. The number of carbonyl (C=O) groups is 1. The van der Waals surface area contributed by atoms with Gasteiger partial charge in [0.1, 0.15) is 5.82 Å². The number of nitrogens with zero attached hydrogens (tertiary/aromatic N) is 2. The third-order valence-electron chi connectivity index (χ3n) is 4.15. The number of anilines is 2. The molecule has 4 rings (SSSR count). The lowest BCUT2D eigenvalue weighted by Gasteiger charge is -2.04. The summed E-state index contributed by atoms with van der Waals surface area (Å²) < 4.78 is 2.01. The van der Waals surface area contributed by atoms with E-state index in [1.807, 2.05) is 24.3 Å². The molecule has 4 aromatic rings. The van der Waals surface area contributed by atoms with Gasteiger partial charge in [0.2, 0.25) is 5.91 Å². The van der Waals surface area contributed by atoms with E-state index >= 15 is 0 Å². The summed E-state index contributed by atoms with van der Waals surface area (Å²) in [6.07, 6.45) is 8.18. The molecular formula is C21H15BrN4OS. The zero-order chi connectivity index (χ0) is 19.5. The molecular weight excluding hydrogens is 436 g/mol. The van der Waals surface area contributed by atoms with E-state index in [0.717, 1.165) is 31.2 Å². The number of carbonyl (C=O) groups excluding carboxylic acids is 1. The number of nitrogens with one attached hydrogen (secondary N) is 1. The number of nitrogen functional groups attached to an aromatic ring is 1. The Balaban J connectivity index is 1.66. The average Bonchev–Trinajstić information content (AvgIpc) is 3.15. The summed E-state index contributed by atoms with van der Waals surface area (Å²) in [4.78, 5) is 20.5. The van der Waals surface area contributed by atoms with Gasteiger partial charge in [-0.25, -0.2) is 4.98 Å². The van der Waals surface area contributed by atoms with Crippen molar-refractivity contribution in [3.05, 3.63) is 76.5 Å². The van der Waals surface area contributed by atoms with E-state index < -0.39 is 0 Å². The molecule has 0 fully saturated rings. The monoisotopic (exact) mass is 450 g/mol. The molecule has 0 saturated heterocycles. The summed E-state index contributed by atoms with van der Waals surface area (Å²) in [6.45, 7) is 0. The van der Waals surface area contributed by atoms with Gasteiger partial charge >= 0.3 is 0 Å². The number of rotatable bonds is 4. The van der Waals surface area contributed by atoms with Crippen molar-refractivity contribution in [3.8, 4) is 11.1 Å². The Labute approximate surface area is 174 Å². The van der Waals surface area contributed by atoms with E-state index in [4.69, 9.17) is 5.73 Å². The van der Waals surface area contributed by atoms with Crippen LogP contribution < -0.4 is 11.1 Å². The second-order valence-corrected chi connectivity index (χ2v) is 7.82. The fourth-order valence-corrected chi connectivity index (χ4v) is 4.18. The number of benzene rings is 1. The predicted octanol–water partition coefficient (Wildman–Crippen LogP) is 5.35. The van der Waals surface area contributed by atoms with Gasteiger partial charge in [-0.1, -0.05) is 28.1 Å². The molecule has 0 aliphatic carbocycles. The van der Waals surface area contributed by atoms with E-state index in [2.05, 4.69) is 36.6 Å². The molecule has 0 aliphatic heterocycles. The van der Waals surface area contributed by atoms with Crippen LogP contribution in [0, 0.1) is 0 Å². The van der Waals surface area contributed by atoms with Crippen LogP contribution in [-0.2, 0) is 4.79 Å². The van der Waals surface area contributed by atoms with Gasteiger partial charge in [-0.3, -0.25) is 9.78 Å². The van der Waals surface area contributed by atoms with Crippen molar-refractivity contribution in [2.24, 2.45) is 0 Å². The van der Waals surface area contributed by atoms with Crippen LogP contribution in [0.1, 0.15) is 5.56 Å². The number of amides is 1. The fraction of sp³-hybridized carbons (Fsp3) is 0. The SMILES string of the molecule is Nc1ncc(/C=C/C(=O)Nc2cccnc2)c2scc(-c3ccc(Br)cc3)c12.